The number of carbonyl (C=O) groups excluding carboxylic acids is 2. The summed E-state index contributed by atoms with van der Waals surface area (Å²) >= 11 is 0. The van der Waals surface area contributed by atoms with E-state index in [0.717, 1.165) is 35.4 Å². The van der Waals surface area contributed by atoms with Crippen molar-refractivity contribution in [3.63, 3.8) is 0 Å². The van der Waals surface area contributed by atoms with Crippen molar-refractivity contribution < 1.29 is 29.4 Å². The quantitative estimate of drug-likeness (QED) is 0.247. The molecule has 0 spiro atoms. The van der Waals surface area contributed by atoms with Gasteiger partial charge < -0.3 is 21.7 Å². The van der Waals surface area contributed by atoms with E-state index in [-0.39, 0.29) is 0 Å². The number of ketones is 2. The van der Waals surface area contributed by atoms with E-state index >= 15 is 0 Å². The van der Waals surface area contributed by atoms with Crippen LogP contribution in [0.5, 0.6) is 0 Å². The third kappa shape index (κ3) is 5.49. The van der Waals surface area contributed by atoms with Crippen molar-refractivity contribution in [1.82, 2.24) is 0 Å². The highest BCUT2D eigenvalue weighted by molar-refractivity contribution is 8.77. The largest absolute Gasteiger partial charge is 0.481 e. The van der Waals surface area contributed by atoms with Crippen LogP contribution < -0.4 is 11.5 Å². The fourth-order valence-electron chi connectivity index (χ4n) is 1.33. The molecule has 0 aromatic carbocycles. The molecule has 0 bridgehead atoms. The lowest BCUT2D eigenvalue weighted by Gasteiger charge is -2.20. The molecule has 0 rings (SSSR count). The fraction of sp³-hybridized carbons (Fsp3) is 0.600. The van der Waals surface area contributed by atoms with Crippen LogP contribution >= 0.6 is 21.6 Å². The summed E-state index contributed by atoms with van der Waals surface area (Å²) in [5.41, 5.74) is 11.1. The second-order valence-electron chi connectivity index (χ2n) is 3.97. The molecule has 4 atom stereocenters. The maximum absolute atomic E-state index is 11.2. The molecule has 0 amide bonds. The molecular weight excluding hydrogens is 308 g/mol. The Bertz CT molecular complexity index is 351. The smallest absolute Gasteiger partial charge is 0.316 e. The normalized spacial score (nSPS) is 16.8. The summed E-state index contributed by atoms with van der Waals surface area (Å²) in [4.78, 5) is 44.1. The van der Waals surface area contributed by atoms with Gasteiger partial charge >= 0.3 is 11.9 Å². The van der Waals surface area contributed by atoms with E-state index in [1.807, 2.05) is 0 Å². The molecule has 0 aliphatic rings. The SMILES string of the molecule is CC(=O)C(C(=O)O)C(N)SSC(N)C(C(C)=O)C(=O)O. The predicted molar refractivity (Wildman–Crippen MR) is 74.7 cm³/mol. The van der Waals surface area contributed by atoms with Gasteiger partial charge in [0.15, 0.2) is 0 Å². The zero-order valence-electron chi connectivity index (χ0n) is 10.8. The van der Waals surface area contributed by atoms with E-state index in [9.17, 15) is 19.2 Å². The van der Waals surface area contributed by atoms with Crippen LogP contribution in [0.25, 0.3) is 0 Å². The minimum atomic E-state index is -1.42. The van der Waals surface area contributed by atoms with E-state index < -0.39 is 46.1 Å². The number of carboxylic acids is 2. The Morgan fingerprint density at radius 2 is 1.05 bits per heavy atom. The van der Waals surface area contributed by atoms with Gasteiger partial charge in [0, 0.05) is 0 Å². The van der Waals surface area contributed by atoms with Crippen LogP contribution in [0.15, 0.2) is 0 Å². The summed E-state index contributed by atoms with van der Waals surface area (Å²) < 4.78 is 0. The van der Waals surface area contributed by atoms with Crippen LogP contribution in [0, 0.1) is 11.8 Å². The Hall–Kier alpha value is -1.10. The topological polar surface area (TPSA) is 161 Å². The van der Waals surface area contributed by atoms with E-state index in [4.69, 9.17) is 21.7 Å². The monoisotopic (exact) mass is 324 g/mol. The molecule has 0 aliphatic carbocycles. The minimum absolute atomic E-state index is 0.618. The van der Waals surface area contributed by atoms with Crippen LogP contribution in [-0.4, -0.2) is 44.5 Å². The molecule has 6 N–H and O–H groups in total. The first-order chi connectivity index (χ1) is 9.09. The summed E-state index contributed by atoms with van der Waals surface area (Å²) in [5, 5.41) is 15.5. The maximum atomic E-state index is 11.2. The zero-order chi connectivity index (χ0) is 16.0. The highest BCUT2D eigenvalue weighted by atomic mass is 33.1. The second-order valence-corrected chi connectivity index (χ2v) is 6.60. The minimum Gasteiger partial charge on any atom is -0.481 e. The first-order valence-electron chi connectivity index (χ1n) is 5.39. The van der Waals surface area contributed by atoms with Gasteiger partial charge in [-0.3, -0.25) is 19.2 Å². The van der Waals surface area contributed by atoms with Gasteiger partial charge in [-0.05, 0) is 13.8 Å². The lowest BCUT2D eigenvalue weighted by molar-refractivity contribution is -0.147. The molecule has 10 heteroatoms. The summed E-state index contributed by atoms with van der Waals surface area (Å²) in [7, 11) is 1.53. The number of nitrogens with two attached hydrogens (primary N) is 2. The van der Waals surface area contributed by atoms with Gasteiger partial charge in [0.1, 0.15) is 23.4 Å². The van der Waals surface area contributed by atoms with Gasteiger partial charge in [-0.25, -0.2) is 0 Å². The molecule has 0 aliphatic heterocycles. The van der Waals surface area contributed by atoms with Crippen molar-refractivity contribution in [3.05, 3.63) is 0 Å². The Balaban J connectivity index is 4.67. The van der Waals surface area contributed by atoms with E-state index in [1.165, 1.54) is 0 Å². The molecule has 0 aromatic rings. The van der Waals surface area contributed by atoms with Crippen LogP contribution in [0.2, 0.25) is 0 Å². The second kappa shape index (κ2) is 8.25. The number of carboxylic acid groups (broad SMARTS) is 2. The highest BCUT2D eigenvalue weighted by Gasteiger charge is 2.34. The summed E-state index contributed by atoms with van der Waals surface area (Å²) in [5.74, 6) is -6.80. The lowest BCUT2D eigenvalue weighted by Crippen LogP contribution is -2.39. The molecule has 4 unspecified atom stereocenters. The Morgan fingerprint density at radius 1 is 0.800 bits per heavy atom. The number of rotatable bonds is 9. The maximum Gasteiger partial charge on any atom is 0.316 e. The third-order valence-corrected chi connectivity index (χ3v) is 5.11. The van der Waals surface area contributed by atoms with Crippen LogP contribution in [0.1, 0.15) is 13.8 Å². The van der Waals surface area contributed by atoms with Gasteiger partial charge in [0.05, 0.1) is 10.7 Å². The zero-order valence-corrected chi connectivity index (χ0v) is 12.4. The van der Waals surface area contributed by atoms with Crippen molar-refractivity contribution in [1.29, 1.82) is 0 Å². The van der Waals surface area contributed by atoms with Crippen LogP contribution in [0.4, 0.5) is 0 Å². The van der Waals surface area contributed by atoms with Crippen molar-refractivity contribution >= 4 is 45.1 Å². The van der Waals surface area contributed by atoms with E-state index in [2.05, 4.69) is 0 Å². The molecule has 0 saturated carbocycles. The number of aliphatic carboxylic acids is 2. The fourth-order valence-corrected chi connectivity index (χ4v) is 3.86. The third-order valence-electron chi connectivity index (χ3n) is 2.34. The van der Waals surface area contributed by atoms with Gasteiger partial charge in [-0.2, -0.15) is 0 Å². The van der Waals surface area contributed by atoms with Gasteiger partial charge in [-0.15, -0.1) is 0 Å². The Labute approximate surface area is 123 Å². The van der Waals surface area contributed by atoms with Crippen molar-refractivity contribution in [2.75, 3.05) is 0 Å². The molecule has 20 heavy (non-hydrogen) atoms. The average Bonchev–Trinajstić information content (AvgIpc) is 2.23. The predicted octanol–water partition coefficient (Wildman–Crippen LogP) is -0.483. The first kappa shape index (κ1) is 18.9. The molecular formula is C10H16N2O6S2. The van der Waals surface area contributed by atoms with Gasteiger partial charge in [-0.1, -0.05) is 21.6 Å². The van der Waals surface area contributed by atoms with Crippen LogP contribution in [-0.2, 0) is 19.2 Å². The molecule has 0 fully saturated rings. The van der Waals surface area contributed by atoms with Crippen molar-refractivity contribution in [2.45, 2.75) is 24.6 Å². The average molecular weight is 324 g/mol. The van der Waals surface area contributed by atoms with Crippen molar-refractivity contribution in [2.24, 2.45) is 23.3 Å². The number of hydrogen-bond acceptors (Lipinski definition) is 8. The highest BCUT2D eigenvalue weighted by Crippen LogP contribution is 2.33. The van der Waals surface area contributed by atoms with Gasteiger partial charge in [0.25, 0.3) is 0 Å². The summed E-state index contributed by atoms with van der Waals surface area (Å²) in [6.07, 6.45) is 0. The van der Waals surface area contributed by atoms with E-state index in [1.54, 1.807) is 0 Å². The molecule has 114 valence electrons. The Kier molecular flexibility index (Phi) is 7.79. The molecule has 0 aromatic heterocycles. The summed E-state index contributed by atoms with van der Waals surface area (Å²) in [6, 6.07) is 0. The standard InChI is InChI=1S/C10H16N2O6S2/c1-3(13)5(9(15)16)7(11)19-20-8(12)6(4(2)14)10(17)18/h5-8H,11-12H2,1-2H3,(H,15,16)(H,17,18). The van der Waals surface area contributed by atoms with Gasteiger partial charge in [0.2, 0.25) is 0 Å². The summed E-state index contributed by atoms with van der Waals surface area (Å²) in [6.45, 7) is 2.19. The van der Waals surface area contributed by atoms with E-state index in [0.29, 0.717) is 0 Å². The van der Waals surface area contributed by atoms with Crippen molar-refractivity contribution in [3.8, 4) is 0 Å². The molecule has 0 saturated heterocycles. The Morgan fingerprint density at radius 3 is 1.20 bits per heavy atom. The number of hydrogen-bond donors (Lipinski definition) is 4. The van der Waals surface area contributed by atoms with Crippen LogP contribution in [0.3, 0.4) is 0 Å². The molecule has 0 radical (unpaired) electrons. The first-order valence-corrected chi connectivity index (χ1v) is 7.67. The number of Topliss-reactive ketones (excluding diaryl/α,β-unsaturated/α-hetero) is 2. The number of carbonyl (C=O) groups is 4. The lowest BCUT2D eigenvalue weighted by atomic mass is 10.1. The molecule has 0 heterocycles. The molecule has 8 nitrogen and oxygen atoms in total.